The van der Waals surface area contributed by atoms with Gasteiger partial charge in [0, 0.05) is 0 Å². The zero-order valence-electron chi connectivity index (χ0n) is 22.6. The Morgan fingerprint density at radius 3 is 1.85 bits per heavy atom. The zero-order valence-corrected chi connectivity index (χ0v) is 23.5. The molecule has 0 spiro atoms. The fourth-order valence-corrected chi connectivity index (χ4v) is 4.15. The van der Waals surface area contributed by atoms with E-state index in [1.165, 1.54) is 77.0 Å². The van der Waals surface area contributed by atoms with Gasteiger partial charge in [-0.1, -0.05) is 89.7 Å². The van der Waals surface area contributed by atoms with Crippen LogP contribution in [0.4, 0.5) is 0 Å². The molecule has 0 rings (SSSR count). The molecule has 7 nitrogen and oxygen atoms in total. The summed E-state index contributed by atoms with van der Waals surface area (Å²) in [6.07, 6.45) is 21.7. The maximum atomic E-state index is 11.8. The third-order valence-corrected chi connectivity index (χ3v) is 6.56. The summed E-state index contributed by atoms with van der Waals surface area (Å²) in [5.74, 6) is 0. The summed E-state index contributed by atoms with van der Waals surface area (Å²) in [5.41, 5.74) is 0. The Kier molecular flexibility index (Phi) is 21.8. The van der Waals surface area contributed by atoms with Crippen molar-refractivity contribution < 1.29 is 32.8 Å². The summed E-state index contributed by atoms with van der Waals surface area (Å²) in [6, 6.07) is 0. The van der Waals surface area contributed by atoms with Crippen LogP contribution in [0.25, 0.3) is 0 Å². The lowest BCUT2D eigenvalue weighted by Crippen LogP contribution is -2.37. The SMILES string of the molecule is CCCCCCCCCCCCCC/C=C/CCOC[C@@H](O)COP(=O)(O)OCC[N+](C)(C)C. The number of hydrogen-bond donors (Lipinski definition) is 2. The number of rotatable bonds is 25. The van der Waals surface area contributed by atoms with Gasteiger partial charge in [0.25, 0.3) is 0 Å². The van der Waals surface area contributed by atoms with Crippen LogP contribution in [0.15, 0.2) is 12.2 Å². The van der Waals surface area contributed by atoms with Crippen LogP contribution in [-0.2, 0) is 18.3 Å². The van der Waals surface area contributed by atoms with Gasteiger partial charge in [0.05, 0.1) is 41.0 Å². The standard InChI is InChI=1S/C26H54NO6P/c1-5-6-7-8-9-10-11-12-13-14-15-16-17-18-19-20-22-31-24-26(28)25-33-34(29,30)32-23-21-27(2,3)4/h18-19,26,28H,5-17,20-25H2,1-4H3/p+1/b19-18+/t26-/m1/s1. The first-order chi connectivity index (χ1) is 16.2. The number of ether oxygens (including phenoxy) is 1. The first kappa shape index (κ1) is 33.7. The summed E-state index contributed by atoms with van der Waals surface area (Å²) >= 11 is 0. The van der Waals surface area contributed by atoms with Crippen LogP contribution < -0.4 is 0 Å². The van der Waals surface area contributed by atoms with Crippen LogP contribution >= 0.6 is 7.82 Å². The maximum absolute atomic E-state index is 11.8. The molecule has 2 N–H and O–H groups in total. The van der Waals surface area contributed by atoms with Crippen molar-refractivity contribution in [1.82, 2.24) is 0 Å². The number of aliphatic hydroxyl groups is 1. The van der Waals surface area contributed by atoms with Gasteiger partial charge < -0.3 is 19.2 Å². The minimum atomic E-state index is -4.15. The molecule has 2 atom stereocenters. The highest BCUT2D eigenvalue weighted by Gasteiger charge is 2.24. The molecule has 8 heteroatoms. The molecule has 0 aliphatic heterocycles. The van der Waals surface area contributed by atoms with Crippen molar-refractivity contribution in [2.75, 3.05) is 54.1 Å². The molecule has 0 heterocycles. The van der Waals surface area contributed by atoms with Gasteiger partial charge in [-0.05, 0) is 19.3 Å². The third kappa shape index (κ3) is 26.3. The second kappa shape index (κ2) is 22.0. The van der Waals surface area contributed by atoms with Crippen LogP contribution in [-0.4, -0.2) is 74.7 Å². The van der Waals surface area contributed by atoms with Crippen LogP contribution in [0.5, 0.6) is 0 Å². The molecule has 0 bridgehead atoms. The van der Waals surface area contributed by atoms with Crippen molar-refractivity contribution in [3.63, 3.8) is 0 Å². The molecule has 0 saturated heterocycles. The van der Waals surface area contributed by atoms with E-state index in [-0.39, 0.29) is 19.8 Å². The normalized spacial score (nSPS) is 15.1. The van der Waals surface area contributed by atoms with E-state index < -0.39 is 13.9 Å². The van der Waals surface area contributed by atoms with E-state index in [9.17, 15) is 14.6 Å². The molecular weight excluding hydrogens is 453 g/mol. The second-order valence-corrected chi connectivity index (χ2v) is 11.7. The molecule has 0 aliphatic rings. The largest absolute Gasteiger partial charge is 0.472 e. The highest BCUT2D eigenvalue weighted by molar-refractivity contribution is 7.47. The third-order valence-electron chi connectivity index (χ3n) is 5.58. The van der Waals surface area contributed by atoms with E-state index in [1.54, 1.807) is 0 Å². The summed E-state index contributed by atoms with van der Waals surface area (Å²) in [4.78, 5) is 9.63. The van der Waals surface area contributed by atoms with Crippen molar-refractivity contribution in [2.24, 2.45) is 0 Å². The topological polar surface area (TPSA) is 85.2 Å². The number of aliphatic hydroxyl groups excluding tert-OH is 1. The molecular formula is C26H55NO6P+. The molecule has 0 aliphatic carbocycles. The molecule has 0 saturated carbocycles. The van der Waals surface area contributed by atoms with Gasteiger partial charge in [-0.15, -0.1) is 0 Å². The van der Waals surface area contributed by atoms with E-state index in [4.69, 9.17) is 13.8 Å². The average molecular weight is 509 g/mol. The van der Waals surface area contributed by atoms with Crippen molar-refractivity contribution in [1.29, 1.82) is 0 Å². The van der Waals surface area contributed by atoms with E-state index in [1.807, 2.05) is 21.1 Å². The molecule has 0 amide bonds. The maximum Gasteiger partial charge on any atom is 0.472 e. The summed E-state index contributed by atoms with van der Waals surface area (Å²) < 4.78 is 27.6. The van der Waals surface area contributed by atoms with Crippen molar-refractivity contribution in [3.05, 3.63) is 12.2 Å². The zero-order chi connectivity index (χ0) is 25.5. The number of likely N-dealkylation sites (N-methyl/N-ethyl adjacent to an activating group) is 1. The molecule has 0 aromatic rings. The Morgan fingerprint density at radius 2 is 1.29 bits per heavy atom. The highest BCUT2D eigenvalue weighted by atomic mass is 31.2. The van der Waals surface area contributed by atoms with Crippen molar-refractivity contribution in [2.45, 2.75) is 103 Å². The molecule has 0 radical (unpaired) electrons. The Balaban J connectivity index is 3.46. The molecule has 34 heavy (non-hydrogen) atoms. The van der Waals surface area contributed by atoms with Gasteiger partial charge in [-0.3, -0.25) is 9.05 Å². The van der Waals surface area contributed by atoms with Gasteiger partial charge in [-0.25, -0.2) is 4.57 Å². The van der Waals surface area contributed by atoms with E-state index in [2.05, 4.69) is 19.1 Å². The first-order valence-corrected chi connectivity index (χ1v) is 15.0. The van der Waals surface area contributed by atoms with Crippen LogP contribution in [0.1, 0.15) is 96.8 Å². The fraction of sp³-hybridized carbons (Fsp3) is 0.923. The molecule has 1 unspecified atom stereocenters. The van der Waals surface area contributed by atoms with Gasteiger partial charge in [0.2, 0.25) is 0 Å². The van der Waals surface area contributed by atoms with E-state index in [0.717, 1.165) is 12.8 Å². The predicted octanol–water partition coefficient (Wildman–Crippen LogP) is 6.24. The molecule has 204 valence electrons. The first-order valence-electron chi connectivity index (χ1n) is 13.5. The number of allylic oxidation sites excluding steroid dienone is 1. The Labute approximate surface area is 210 Å². The Hall–Kier alpha value is -0.270. The van der Waals surface area contributed by atoms with E-state index >= 15 is 0 Å². The summed E-state index contributed by atoms with van der Waals surface area (Å²) in [6.45, 7) is 3.21. The fourth-order valence-electron chi connectivity index (χ4n) is 3.41. The van der Waals surface area contributed by atoms with Crippen LogP contribution in [0, 0.1) is 0 Å². The average Bonchev–Trinajstić information content (AvgIpc) is 2.76. The highest BCUT2D eigenvalue weighted by Crippen LogP contribution is 2.43. The van der Waals surface area contributed by atoms with Gasteiger partial charge in [0.1, 0.15) is 19.3 Å². The lowest BCUT2D eigenvalue weighted by molar-refractivity contribution is -0.870. The molecule has 0 fully saturated rings. The minimum absolute atomic E-state index is 0.0610. The number of hydrogen-bond acceptors (Lipinski definition) is 5. The second-order valence-electron chi connectivity index (χ2n) is 10.3. The van der Waals surface area contributed by atoms with Gasteiger partial charge in [0.15, 0.2) is 0 Å². The number of phosphoric acid groups is 1. The summed E-state index contributed by atoms with van der Waals surface area (Å²) in [7, 11) is 1.73. The Bertz CT molecular complexity index is 524. The number of nitrogens with zero attached hydrogens (tertiary/aromatic N) is 1. The number of phosphoric ester groups is 1. The molecule has 0 aromatic carbocycles. The minimum Gasteiger partial charge on any atom is -0.388 e. The van der Waals surface area contributed by atoms with E-state index in [0.29, 0.717) is 17.6 Å². The monoisotopic (exact) mass is 508 g/mol. The summed E-state index contributed by atoms with van der Waals surface area (Å²) in [5, 5.41) is 9.84. The van der Waals surface area contributed by atoms with Crippen molar-refractivity contribution in [3.8, 4) is 0 Å². The number of quaternary nitrogens is 1. The quantitative estimate of drug-likeness (QED) is 0.0657. The predicted molar refractivity (Wildman–Crippen MR) is 141 cm³/mol. The van der Waals surface area contributed by atoms with Crippen molar-refractivity contribution >= 4 is 7.82 Å². The van der Waals surface area contributed by atoms with Crippen LogP contribution in [0.3, 0.4) is 0 Å². The number of unbranched alkanes of at least 4 members (excludes halogenated alkanes) is 12. The van der Waals surface area contributed by atoms with Gasteiger partial charge >= 0.3 is 7.82 Å². The van der Waals surface area contributed by atoms with Crippen LogP contribution in [0.2, 0.25) is 0 Å². The van der Waals surface area contributed by atoms with Gasteiger partial charge in [-0.2, -0.15) is 0 Å². The lowest BCUT2D eigenvalue weighted by atomic mass is 10.0. The lowest BCUT2D eigenvalue weighted by Gasteiger charge is -2.24. The smallest absolute Gasteiger partial charge is 0.388 e. The Morgan fingerprint density at radius 1 is 0.765 bits per heavy atom. The molecule has 0 aromatic heterocycles.